The molecule has 0 fully saturated rings. The largest absolute Gasteiger partial charge is 0.463 e. The molecule has 2 rings (SSSR count). The quantitative estimate of drug-likeness (QED) is 0.845. The normalized spacial score (nSPS) is 11.1. The molecular weight excluding hydrogens is 226 g/mol. The van der Waals surface area contributed by atoms with Crippen LogP contribution < -0.4 is 5.32 Å². The fraction of sp³-hybridized carbons (Fsp3) is 0.357. The molecule has 0 amide bonds. The van der Waals surface area contributed by atoms with E-state index < -0.39 is 0 Å². The lowest BCUT2D eigenvalue weighted by atomic mass is 10.2. The number of aromatic nitrogens is 1. The van der Waals surface area contributed by atoms with E-state index in [-0.39, 0.29) is 0 Å². The first kappa shape index (κ1) is 12.8. The molecule has 0 atom stereocenters. The van der Waals surface area contributed by atoms with Gasteiger partial charge in [0, 0.05) is 18.9 Å². The van der Waals surface area contributed by atoms with Crippen LogP contribution in [0.3, 0.4) is 0 Å². The lowest BCUT2D eigenvalue weighted by molar-refractivity contribution is 0.282. The number of hydrogen-bond donors (Lipinski definition) is 1. The standard InChI is InChI=1S/C14H19N3O/c1-15-9-13-5-6-14(18-13)11-17(2)10-12-4-3-7-16-8-12/h3-8,15H,9-11H2,1-2H3. The highest BCUT2D eigenvalue weighted by molar-refractivity contribution is 5.09. The summed E-state index contributed by atoms with van der Waals surface area (Å²) in [6.07, 6.45) is 3.69. The van der Waals surface area contributed by atoms with Crippen molar-refractivity contribution in [2.45, 2.75) is 19.6 Å². The Labute approximate surface area is 108 Å². The summed E-state index contributed by atoms with van der Waals surface area (Å²) in [4.78, 5) is 6.32. The van der Waals surface area contributed by atoms with Crippen molar-refractivity contribution in [3.8, 4) is 0 Å². The summed E-state index contributed by atoms with van der Waals surface area (Å²) in [6.45, 7) is 2.45. The molecule has 4 nitrogen and oxygen atoms in total. The number of nitrogens with one attached hydrogen (secondary N) is 1. The molecule has 18 heavy (non-hydrogen) atoms. The van der Waals surface area contributed by atoms with Gasteiger partial charge in [-0.25, -0.2) is 0 Å². The van der Waals surface area contributed by atoms with Gasteiger partial charge in [-0.15, -0.1) is 0 Å². The molecule has 2 aromatic rings. The molecule has 96 valence electrons. The summed E-state index contributed by atoms with van der Waals surface area (Å²) in [7, 11) is 3.99. The molecule has 0 aliphatic rings. The summed E-state index contributed by atoms with van der Waals surface area (Å²) in [6, 6.07) is 8.09. The predicted molar refractivity (Wildman–Crippen MR) is 70.9 cm³/mol. The minimum Gasteiger partial charge on any atom is -0.463 e. The van der Waals surface area contributed by atoms with Gasteiger partial charge >= 0.3 is 0 Å². The molecule has 0 saturated carbocycles. The first-order valence-corrected chi connectivity index (χ1v) is 6.07. The maximum atomic E-state index is 5.71. The zero-order valence-electron chi connectivity index (χ0n) is 10.9. The van der Waals surface area contributed by atoms with Gasteiger partial charge in [0.15, 0.2) is 0 Å². The topological polar surface area (TPSA) is 41.3 Å². The molecule has 0 spiro atoms. The Kier molecular flexibility index (Phi) is 4.50. The molecule has 0 unspecified atom stereocenters. The lowest BCUT2D eigenvalue weighted by Gasteiger charge is -2.14. The van der Waals surface area contributed by atoms with E-state index in [4.69, 9.17) is 4.42 Å². The first-order valence-electron chi connectivity index (χ1n) is 6.07. The van der Waals surface area contributed by atoms with E-state index in [1.165, 1.54) is 5.56 Å². The van der Waals surface area contributed by atoms with Gasteiger partial charge in [0.1, 0.15) is 11.5 Å². The Morgan fingerprint density at radius 3 is 2.78 bits per heavy atom. The van der Waals surface area contributed by atoms with E-state index in [9.17, 15) is 0 Å². The van der Waals surface area contributed by atoms with E-state index >= 15 is 0 Å². The first-order chi connectivity index (χ1) is 8.78. The molecule has 0 aliphatic heterocycles. The third-order valence-corrected chi connectivity index (χ3v) is 2.67. The summed E-state index contributed by atoms with van der Waals surface area (Å²) >= 11 is 0. The third-order valence-electron chi connectivity index (χ3n) is 2.67. The zero-order chi connectivity index (χ0) is 12.8. The zero-order valence-corrected chi connectivity index (χ0v) is 10.9. The number of hydrogen-bond acceptors (Lipinski definition) is 4. The van der Waals surface area contributed by atoms with Crippen LogP contribution in [-0.2, 0) is 19.6 Å². The van der Waals surface area contributed by atoms with Crippen LogP contribution in [0.25, 0.3) is 0 Å². The molecule has 0 aromatic carbocycles. The van der Waals surface area contributed by atoms with Crippen LogP contribution in [0.2, 0.25) is 0 Å². The van der Waals surface area contributed by atoms with Crippen LogP contribution in [0.1, 0.15) is 17.1 Å². The SMILES string of the molecule is CNCc1ccc(CN(C)Cc2cccnc2)o1. The summed E-state index contributed by atoms with van der Waals surface area (Å²) < 4.78 is 5.71. The minimum atomic E-state index is 0.770. The molecule has 0 aliphatic carbocycles. The van der Waals surface area contributed by atoms with Crippen LogP contribution in [0.5, 0.6) is 0 Å². The van der Waals surface area contributed by atoms with Crippen molar-refractivity contribution in [1.29, 1.82) is 0 Å². The molecular formula is C14H19N3O. The molecule has 4 heteroatoms. The summed E-state index contributed by atoms with van der Waals surface area (Å²) in [5.41, 5.74) is 1.21. The predicted octanol–water partition coefficient (Wildman–Crippen LogP) is 2.03. The second kappa shape index (κ2) is 6.33. The maximum Gasteiger partial charge on any atom is 0.118 e. The van der Waals surface area contributed by atoms with Crippen LogP contribution in [-0.4, -0.2) is 24.0 Å². The molecule has 2 heterocycles. The number of furan rings is 1. The van der Waals surface area contributed by atoms with Crippen LogP contribution in [0, 0.1) is 0 Å². The average molecular weight is 245 g/mol. The average Bonchev–Trinajstić information content (AvgIpc) is 2.78. The molecule has 0 radical (unpaired) electrons. The lowest BCUT2D eigenvalue weighted by Crippen LogP contribution is -2.16. The van der Waals surface area contributed by atoms with Crippen molar-refractivity contribution in [3.63, 3.8) is 0 Å². The maximum absolute atomic E-state index is 5.71. The number of rotatable bonds is 6. The Bertz CT molecular complexity index is 467. The van der Waals surface area contributed by atoms with Gasteiger partial charge in [-0.1, -0.05) is 6.07 Å². The van der Waals surface area contributed by atoms with Crippen LogP contribution in [0.4, 0.5) is 0 Å². The molecule has 0 bridgehead atoms. The summed E-state index contributed by atoms with van der Waals surface area (Å²) in [5.74, 6) is 1.97. The van der Waals surface area contributed by atoms with E-state index in [1.807, 2.05) is 31.4 Å². The number of pyridine rings is 1. The number of nitrogens with zero attached hydrogens (tertiary/aromatic N) is 2. The smallest absolute Gasteiger partial charge is 0.118 e. The van der Waals surface area contributed by atoms with Crippen molar-refractivity contribution in [1.82, 2.24) is 15.2 Å². The second-order valence-electron chi connectivity index (χ2n) is 4.43. The Morgan fingerprint density at radius 1 is 1.22 bits per heavy atom. The van der Waals surface area contributed by atoms with E-state index in [2.05, 4.69) is 28.3 Å². The van der Waals surface area contributed by atoms with Gasteiger partial charge in [0.25, 0.3) is 0 Å². The van der Waals surface area contributed by atoms with Crippen molar-refractivity contribution in [2.75, 3.05) is 14.1 Å². The highest BCUT2D eigenvalue weighted by atomic mass is 16.3. The Hall–Kier alpha value is -1.65. The minimum absolute atomic E-state index is 0.770. The fourth-order valence-corrected chi connectivity index (χ4v) is 1.90. The van der Waals surface area contributed by atoms with Gasteiger partial charge in [-0.3, -0.25) is 9.88 Å². The van der Waals surface area contributed by atoms with Gasteiger partial charge in [0.05, 0.1) is 13.1 Å². The van der Waals surface area contributed by atoms with E-state index in [0.717, 1.165) is 31.2 Å². The highest BCUT2D eigenvalue weighted by Gasteiger charge is 2.06. The van der Waals surface area contributed by atoms with Gasteiger partial charge in [-0.2, -0.15) is 0 Å². The van der Waals surface area contributed by atoms with Crippen molar-refractivity contribution in [3.05, 3.63) is 53.7 Å². The molecule has 0 saturated heterocycles. The van der Waals surface area contributed by atoms with Crippen LogP contribution in [0.15, 0.2) is 41.1 Å². The highest BCUT2D eigenvalue weighted by Crippen LogP contribution is 2.11. The van der Waals surface area contributed by atoms with Gasteiger partial charge < -0.3 is 9.73 Å². The van der Waals surface area contributed by atoms with Crippen LogP contribution >= 0.6 is 0 Å². The van der Waals surface area contributed by atoms with E-state index in [1.54, 1.807) is 6.20 Å². The third kappa shape index (κ3) is 3.68. The van der Waals surface area contributed by atoms with E-state index in [0.29, 0.717) is 0 Å². The van der Waals surface area contributed by atoms with Gasteiger partial charge in [0.2, 0.25) is 0 Å². The molecule has 2 aromatic heterocycles. The van der Waals surface area contributed by atoms with Crippen molar-refractivity contribution < 1.29 is 4.42 Å². The second-order valence-corrected chi connectivity index (χ2v) is 4.43. The van der Waals surface area contributed by atoms with Crippen molar-refractivity contribution in [2.24, 2.45) is 0 Å². The van der Waals surface area contributed by atoms with Crippen molar-refractivity contribution >= 4 is 0 Å². The fourth-order valence-electron chi connectivity index (χ4n) is 1.90. The van der Waals surface area contributed by atoms with Gasteiger partial charge in [-0.05, 0) is 37.9 Å². The Morgan fingerprint density at radius 2 is 2.06 bits per heavy atom. The molecule has 1 N–H and O–H groups in total. The monoisotopic (exact) mass is 245 g/mol. The Balaban J connectivity index is 1.88. The summed E-state index contributed by atoms with van der Waals surface area (Å²) in [5, 5.41) is 3.07.